The van der Waals surface area contributed by atoms with E-state index in [4.69, 9.17) is 0 Å². The highest BCUT2D eigenvalue weighted by Crippen LogP contribution is 2.31. The van der Waals surface area contributed by atoms with Crippen molar-refractivity contribution in [3.8, 4) is 0 Å². The van der Waals surface area contributed by atoms with E-state index in [0.29, 0.717) is 35.9 Å². The second kappa shape index (κ2) is 8.60. The van der Waals surface area contributed by atoms with E-state index in [1.807, 2.05) is 34.9 Å². The Morgan fingerprint density at radius 3 is 2.79 bits per heavy atom. The van der Waals surface area contributed by atoms with Gasteiger partial charge < -0.3 is 15.1 Å². The summed E-state index contributed by atoms with van der Waals surface area (Å²) in [6, 6.07) is 6.05. The molecule has 3 aliphatic rings. The molecular weight excluding hydrogens is 352 g/mol. The minimum Gasteiger partial charge on any atom is -0.343 e. The minimum atomic E-state index is 0.0586. The molecule has 0 spiro atoms. The van der Waals surface area contributed by atoms with Crippen LogP contribution in [0.2, 0.25) is 0 Å². The fourth-order valence-corrected chi connectivity index (χ4v) is 5.10. The molecule has 3 aliphatic heterocycles. The van der Waals surface area contributed by atoms with Gasteiger partial charge in [0.15, 0.2) is 0 Å². The second-order valence-corrected chi connectivity index (χ2v) is 8.73. The molecule has 1 aromatic heterocycles. The van der Waals surface area contributed by atoms with Crippen LogP contribution in [-0.2, 0) is 4.79 Å². The lowest BCUT2D eigenvalue weighted by Gasteiger charge is -2.46. The maximum atomic E-state index is 12.9. The fraction of sp³-hybridized carbons (Fsp3) is 0.682. The van der Waals surface area contributed by atoms with Crippen LogP contribution >= 0.6 is 0 Å². The van der Waals surface area contributed by atoms with E-state index in [-0.39, 0.29) is 5.91 Å². The van der Waals surface area contributed by atoms with Gasteiger partial charge >= 0.3 is 0 Å². The maximum absolute atomic E-state index is 12.9. The van der Waals surface area contributed by atoms with E-state index < -0.39 is 0 Å². The number of hydrogen-bond acceptors (Lipinski definition) is 4. The molecule has 1 aromatic rings. The highest BCUT2D eigenvalue weighted by Gasteiger charge is 2.38. The molecule has 4 rings (SSSR count). The molecule has 2 amide bonds. The molecule has 0 saturated carbocycles. The average Bonchev–Trinajstić information content (AvgIpc) is 3.24. The van der Waals surface area contributed by atoms with Crippen LogP contribution in [0.4, 0.5) is 0 Å². The number of piperidine rings is 2. The minimum absolute atomic E-state index is 0.0586. The molecule has 4 heterocycles. The third kappa shape index (κ3) is 4.37. The number of likely N-dealkylation sites (tertiary alicyclic amines) is 2. The van der Waals surface area contributed by atoms with Crippen molar-refractivity contribution in [2.24, 2.45) is 11.8 Å². The van der Waals surface area contributed by atoms with Crippen molar-refractivity contribution in [3.05, 3.63) is 29.6 Å². The Bertz CT molecular complexity index is 716. The number of amides is 2. The summed E-state index contributed by atoms with van der Waals surface area (Å²) in [5, 5.41) is 3.69. The van der Waals surface area contributed by atoms with E-state index in [1.165, 1.54) is 6.42 Å². The zero-order valence-electron chi connectivity index (χ0n) is 16.9. The molecule has 0 aromatic carbocycles. The molecule has 3 atom stereocenters. The Labute approximate surface area is 167 Å². The quantitative estimate of drug-likeness (QED) is 0.846. The summed E-state index contributed by atoms with van der Waals surface area (Å²) in [6.07, 6.45) is 6.09. The van der Waals surface area contributed by atoms with Gasteiger partial charge in [-0.3, -0.25) is 9.59 Å². The van der Waals surface area contributed by atoms with E-state index in [1.54, 1.807) is 0 Å². The predicted octanol–water partition coefficient (Wildman–Crippen LogP) is 2.23. The van der Waals surface area contributed by atoms with Gasteiger partial charge in [0, 0.05) is 44.3 Å². The molecule has 1 N–H and O–H groups in total. The van der Waals surface area contributed by atoms with Crippen molar-refractivity contribution in [1.82, 2.24) is 20.1 Å². The largest absolute Gasteiger partial charge is 0.343 e. The number of nitrogens with one attached hydrogen (secondary N) is 1. The van der Waals surface area contributed by atoms with Crippen LogP contribution in [0.1, 0.15) is 54.7 Å². The molecular formula is C22H32N4O2. The predicted molar refractivity (Wildman–Crippen MR) is 108 cm³/mol. The van der Waals surface area contributed by atoms with Crippen molar-refractivity contribution < 1.29 is 9.59 Å². The smallest absolute Gasteiger partial charge is 0.272 e. The molecule has 0 aliphatic carbocycles. The molecule has 0 radical (unpaired) electrons. The van der Waals surface area contributed by atoms with E-state index in [2.05, 4.69) is 10.3 Å². The van der Waals surface area contributed by atoms with Gasteiger partial charge in [-0.25, -0.2) is 4.98 Å². The Hall–Kier alpha value is -1.95. The molecule has 3 fully saturated rings. The lowest BCUT2D eigenvalue weighted by molar-refractivity contribution is -0.130. The maximum Gasteiger partial charge on any atom is 0.272 e. The van der Waals surface area contributed by atoms with Crippen LogP contribution < -0.4 is 5.32 Å². The summed E-state index contributed by atoms with van der Waals surface area (Å²) < 4.78 is 0. The van der Waals surface area contributed by atoms with Gasteiger partial charge in [0.1, 0.15) is 5.69 Å². The van der Waals surface area contributed by atoms with Crippen LogP contribution in [0.5, 0.6) is 0 Å². The number of nitrogens with zero attached hydrogens (tertiary/aromatic N) is 3. The van der Waals surface area contributed by atoms with Crippen LogP contribution in [-0.4, -0.2) is 65.4 Å². The lowest BCUT2D eigenvalue weighted by atomic mass is 9.79. The SMILES string of the molecule is Cc1cccc(C(=O)N2C[C@@H]3CN[C@H](CCCC(=O)N4CCCC4)[C@H](C3)C2)n1. The van der Waals surface area contributed by atoms with Gasteiger partial charge in [0.2, 0.25) is 5.91 Å². The zero-order valence-corrected chi connectivity index (χ0v) is 16.9. The van der Waals surface area contributed by atoms with Crippen LogP contribution in [0.3, 0.4) is 0 Å². The van der Waals surface area contributed by atoms with Crippen molar-refractivity contribution in [3.63, 3.8) is 0 Å². The number of hydrogen-bond donors (Lipinski definition) is 1. The molecule has 28 heavy (non-hydrogen) atoms. The summed E-state index contributed by atoms with van der Waals surface area (Å²) in [5.74, 6) is 1.37. The number of aromatic nitrogens is 1. The Morgan fingerprint density at radius 2 is 2.00 bits per heavy atom. The van der Waals surface area contributed by atoms with E-state index >= 15 is 0 Å². The Balaban J connectivity index is 1.31. The first-order valence-corrected chi connectivity index (χ1v) is 10.8. The van der Waals surface area contributed by atoms with Gasteiger partial charge in [0.25, 0.3) is 5.91 Å². The van der Waals surface area contributed by atoms with Crippen molar-refractivity contribution in [1.29, 1.82) is 0 Å². The van der Waals surface area contributed by atoms with Gasteiger partial charge in [-0.15, -0.1) is 0 Å². The van der Waals surface area contributed by atoms with Gasteiger partial charge in [0.05, 0.1) is 0 Å². The first kappa shape index (κ1) is 19.4. The summed E-state index contributed by atoms with van der Waals surface area (Å²) in [6.45, 7) is 6.38. The third-order valence-electron chi connectivity index (χ3n) is 6.57. The number of carbonyl (C=O) groups is 2. The van der Waals surface area contributed by atoms with Gasteiger partial charge in [-0.05, 0) is 69.5 Å². The van der Waals surface area contributed by atoms with Crippen molar-refractivity contribution in [2.75, 3.05) is 32.7 Å². The number of pyridine rings is 1. The lowest BCUT2D eigenvalue weighted by Crippen LogP contribution is -2.57. The molecule has 0 unspecified atom stereocenters. The highest BCUT2D eigenvalue weighted by molar-refractivity contribution is 5.92. The van der Waals surface area contributed by atoms with E-state index in [9.17, 15) is 9.59 Å². The number of aryl methyl sites for hydroxylation is 1. The molecule has 152 valence electrons. The van der Waals surface area contributed by atoms with Crippen LogP contribution in [0.25, 0.3) is 0 Å². The first-order valence-electron chi connectivity index (χ1n) is 10.8. The monoisotopic (exact) mass is 384 g/mol. The molecule has 6 nitrogen and oxygen atoms in total. The van der Waals surface area contributed by atoms with Crippen molar-refractivity contribution >= 4 is 11.8 Å². The van der Waals surface area contributed by atoms with Gasteiger partial charge in [-0.2, -0.15) is 0 Å². The van der Waals surface area contributed by atoms with Crippen molar-refractivity contribution in [2.45, 2.75) is 51.5 Å². The first-order chi connectivity index (χ1) is 13.6. The van der Waals surface area contributed by atoms with Gasteiger partial charge in [-0.1, -0.05) is 6.07 Å². The van der Waals surface area contributed by atoms with E-state index in [0.717, 1.165) is 64.1 Å². The summed E-state index contributed by atoms with van der Waals surface area (Å²) in [5.41, 5.74) is 1.44. The number of rotatable bonds is 5. The number of carbonyl (C=O) groups excluding carboxylic acids is 2. The molecule has 3 saturated heterocycles. The topological polar surface area (TPSA) is 65.5 Å². The normalized spacial score (nSPS) is 27.1. The molecule has 2 bridgehead atoms. The zero-order chi connectivity index (χ0) is 19.5. The summed E-state index contributed by atoms with van der Waals surface area (Å²) >= 11 is 0. The standard InChI is InChI=1S/C22H32N4O2/c1-16-6-4-8-20(24-16)22(28)26-14-17-12-18(15-26)19(23-13-17)7-5-9-21(27)25-10-2-3-11-25/h4,6,8,17-19,23H,2-3,5,7,9-15H2,1H3/t17-,18+,19+/m0/s1. The number of fused-ring (bicyclic) bond motifs is 2. The Morgan fingerprint density at radius 1 is 1.18 bits per heavy atom. The fourth-order valence-electron chi connectivity index (χ4n) is 5.10. The van der Waals surface area contributed by atoms with Crippen LogP contribution in [0.15, 0.2) is 18.2 Å². The summed E-state index contributed by atoms with van der Waals surface area (Å²) in [7, 11) is 0. The third-order valence-corrected chi connectivity index (χ3v) is 6.57. The summed E-state index contributed by atoms with van der Waals surface area (Å²) in [4.78, 5) is 33.6. The average molecular weight is 385 g/mol. The Kier molecular flexibility index (Phi) is 5.95. The second-order valence-electron chi connectivity index (χ2n) is 8.73. The molecule has 6 heteroatoms. The highest BCUT2D eigenvalue weighted by atomic mass is 16.2. The van der Waals surface area contributed by atoms with Crippen LogP contribution in [0, 0.1) is 18.8 Å².